The minimum absolute atomic E-state index is 0.0221. The van der Waals surface area contributed by atoms with Crippen molar-refractivity contribution in [2.45, 2.75) is 88.9 Å². The van der Waals surface area contributed by atoms with Crippen LogP contribution in [-0.2, 0) is 23.9 Å². The highest BCUT2D eigenvalue weighted by Gasteiger charge is 2.80. The van der Waals surface area contributed by atoms with Crippen molar-refractivity contribution in [2.75, 3.05) is 0 Å². The van der Waals surface area contributed by atoms with E-state index in [4.69, 9.17) is 9.47 Å². The van der Waals surface area contributed by atoms with E-state index in [9.17, 15) is 24.6 Å². The average molecular weight is 406 g/mol. The molecule has 7 nitrogen and oxygen atoms in total. The van der Waals surface area contributed by atoms with E-state index in [1.165, 1.54) is 6.92 Å². The summed E-state index contributed by atoms with van der Waals surface area (Å²) in [5.74, 6) is -1.91. The molecule has 0 aromatic heterocycles. The Morgan fingerprint density at radius 3 is 2.52 bits per heavy atom. The van der Waals surface area contributed by atoms with E-state index in [2.05, 4.69) is 6.92 Å². The maximum atomic E-state index is 13.4. The Bertz CT molecular complexity index is 794. The van der Waals surface area contributed by atoms with Gasteiger partial charge in [0, 0.05) is 25.2 Å². The molecule has 7 heteroatoms. The van der Waals surface area contributed by atoms with Crippen molar-refractivity contribution in [1.82, 2.24) is 0 Å². The fraction of sp³-hybridized carbons (Fsp3) is 0.864. The number of esters is 2. The molecule has 4 aliphatic carbocycles. The molecule has 5 aliphatic rings. The van der Waals surface area contributed by atoms with Crippen molar-refractivity contribution in [3.63, 3.8) is 0 Å². The summed E-state index contributed by atoms with van der Waals surface area (Å²) in [5, 5.41) is 21.5. The first-order valence-corrected chi connectivity index (χ1v) is 10.9. The summed E-state index contributed by atoms with van der Waals surface area (Å²) in [6.07, 6.45) is 4.69. The average Bonchev–Trinajstić information content (AvgIpc) is 3.07. The van der Waals surface area contributed by atoms with Gasteiger partial charge in [-0.25, -0.2) is 0 Å². The van der Waals surface area contributed by atoms with Gasteiger partial charge in [0.05, 0.1) is 11.5 Å². The fourth-order valence-corrected chi connectivity index (χ4v) is 8.48. The van der Waals surface area contributed by atoms with Crippen LogP contribution in [-0.4, -0.2) is 45.4 Å². The monoisotopic (exact) mass is 406 g/mol. The Labute approximate surface area is 170 Å². The number of carbonyl (C=O) groups excluding carboxylic acids is 2. The predicted molar refractivity (Wildman–Crippen MR) is 99.5 cm³/mol. The number of carboxylic acids is 1. The lowest BCUT2D eigenvalue weighted by Crippen LogP contribution is -2.67. The first-order valence-electron chi connectivity index (χ1n) is 10.9. The molecular formula is C22H30O7. The summed E-state index contributed by atoms with van der Waals surface area (Å²) in [5.41, 5.74) is -3.22. The van der Waals surface area contributed by atoms with E-state index in [0.717, 1.165) is 12.8 Å². The van der Waals surface area contributed by atoms with E-state index in [0.29, 0.717) is 38.5 Å². The molecule has 0 aromatic rings. The minimum Gasteiger partial charge on any atom is -0.481 e. The first-order chi connectivity index (χ1) is 13.6. The number of ether oxygens (including phenoxy) is 2. The highest BCUT2D eigenvalue weighted by molar-refractivity contribution is 5.83. The van der Waals surface area contributed by atoms with Gasteiger partial charge in [-0.3, -0.25) is 14.4 Å². The minimum atomic E-state index is -1.23. The smallest absolute Gasteiger partial charge is 0.316 e. The van der Waals surface area contributed by atoms with Gasteiger partial charge in [0.25, 0.3) is 0 Å². The Morgan fingerprint density at radius 2 is 1.83 bits per heavy atom. The standard InChI is InChI=1S/C22H30O7/c1-12(23)28-13-5-8-21-16-6-7-19(2)14(17(24)25)3-4-15(19)22(16,29-18(21)26)10-9-20(21,27)11-13/h13-16,27H,3-11H2,1-2H3,(H,24,25)/t13?,14-,15?,16?,19?,20?,21?,22?/m0/s1. The molecule has 1 spiro atoms. The summed E-state index contributed by atoms with van der Waals surface area (Å²) >= 11 is 0. The third kappa shape index (κ3) is 2.15. The summed E-state index contributed by atoms with van der Waals surface area (Å²) < 4.78 is 11.6. The molecule has 5 rings (SSSR count). The lowest BCUT2D eigenvalue weighted by molar-refractivity contribution is -0.219. The van der Waals surface area contributed by atoms with Crippen LogP contribution in [0.3, 0.4) is 0 Å². The number of carbonyl (C=O) groups is 3. The maximum absolute atomic E-state index is 13.4. The first kappa shape index (κ1) is 19.3. The molecule has 2 N–H and O–H groups in total. The van der Waals surface area contributed by atoms with Crippen LogP contribution in [0, 0.1) is 28.6 Å². The highest BCUT2D eigenvalue weighted by Crippen LogP contribution is 2.74. The van der Waals surface area contributed by atoms with Crippen LogP contribution in [0.15, 0.2) is 0 Å². The van der Waals surface area contributed by atoms with Gasteiger partial charge in [0.2, 0.25) is 0 Å². The zero-order chi connectivity index (χ0) is 20.8. The molecule has 0 radical (unpaired) electrons. The molecule has 0 amide bonds. The Balaban J connectivity index is 1.53. The maximum Gasteiger partial charge on any atom is 0.316 e. The normalized spacial score (nSPS) is 52.7. The van der Waals surface area contributed by atoms with Crippen LogP contribution in [0.25, 0.3) is 0 Å². The number of rotatable bonds is 2. The largest absolute Gasteiger partial charge is 0.481 e. The molecule has 8 atom stereocenters. The zero-order valence-electron chi connectivity index (χ0n) is 17.1. The SMILES string of the molecule is CC(=O)OC1CCC23C(=O)OC4(CCC2(O)C1)C1CC[C@@H](C(=O)O)C1(C)CCC43. The highest BCUT2D eigenvalue weighted by atomic mass is 16.6. The zero-order valence-corrected chi connectivity index (χ0v) is 17.1. The van der Waals surface area contributed by atoms with Gasteiger partial charge in [-0.15, -0.1) is 0 Å². The molecule has 160 valence electrons. The van der Waals surface area contributed by atoms with E-state index >= 15 is 0 Å². The Hall–Kier alpha value is -1.63. The van der Waals surface area contributed by atoms with Crippen LogP contribution >= 0.6 is 0 Å². The van der Waals surface area contributed by atoms with E-state index in [-0.39, 0.29) is 41.7 Å². The van der Waals surface area contributed by atoms with Crippen LogP contribution in [0.2, 0.25) is 0 Å². The third-order valence-electron chi connectivity index (χ3n) is 9.55. The quantitative estimate of drug-likeness (QED) is 0.678. The number of hydrogen-bond donors (Lipinski definition) is 2. The number of hydrogen-bond acceptors (Lipinski definition) is 6. The summed E-state index contributed by atoms with van der Waals surface area (Å²) in [4.78, 5) is 36.7. The van der Waals surface area contributed by atoms with E-state index in [1.54, 1.807) is 0 Å². The number of aliphatic hydroxyl groups is 1. The molecule has 2 bridgehead atoms. The van der Waals surface area contributed by atoms with E-state index < -0.39 is 28.5 Å². The van der Waals surface area contributed by atoms with E-state index in [1.807, 2.05) is 0 Å². The fourth-order valence-electron chi connectivity index (χ4n) is 8.48. The lowest BCUT2D eigenvalue weighted by Gasteiger charge is -2.61. The molecule has 1 saturated heterocycles. The predicted octanol–water partition coefficient (Wildman–Crippen LogP) is 2.44. The molecule has 4 saturated carbocycles. The van der Waals surface area contributed by atoms with Crippen LogP contribution < -0.4 is 0 Å². The van der Waals surface area contributed by atoms with Gasteiger partial charge in [-0.05, 0) is 56.8 Å². The van der Waals surface area contributed by atoms with Crippen molar-refractivity contribution in [3.05, 3.63) is 0 Å². The topological polar surface area (TPSA) is 110 Å². The number of fused-ring (bicyclic) bond motifs is 1. The molecule has 1 aliphatic heterocycles. The van der Waals surface area contributed by atoms with Crippen molar-refractivity contribution in [3.8, 4) is 0 Å². The molecule has 1 heterocycles. The number of carboxylic acid groups (broad SMARTS) is 1. The molecule has 5 fully saturated rings. The molecule has 29 heavy (non-hydrogen) atoms. The second-order valence-corrected chi connectivity index (χ2v) is 10.4. The van der Waals surface area contributed by atoms with Gasteiger partial charge in [-0.2, -0.15) is 0 Å². The van der Waals surface area contributed by atoms with Crippen molar-refractivity contribution in [2.24, 2.45) is 28.6 Å². The van der Waals surface area contributed by atoms with Gasteiger partial charge in [0.15, 0.2) is 0 Å². The summed E-state index contributed by atoms with van der Waals surface area (Å²) in [7, 11) is 0. The van der Waals surface area contributed by atoms with Crippen LogP contribution in [0.4, 0.5) is 0 Å². The van der Waals surface area contributed by atoms with Crippen LogP contribution in [0.5, 0.6) is 0 Å². The van der Waals surface area contributed by atoms with Crippen LogP contribution in [0.1, 0.15) is 71.6 Å². The molecule has 7 unspecified atom stereocenters. The summed E-state index contributed by atoms with van der Waals surface area (Å²) in [6.45, 7) is 3.43. The van der Waals surface area contributed by atoms with Crippen molar-refractivity contribution < 1.29 is 34.1 Å². The Kier molecular flexibility index (Phi) is 3.83. The number of aliphatic carboxylic acids is 1. The van der Waals surface area contributed by atoms with Gasteiger partial charge in [0.1, 0.15) is 17.1 Å². The molecule has 0 aromatic carbocycles. The molecular weight excluding hydrogens is 376 g/mol. The lowest BCUT2D eigenvalue weighted by atomic mass is 9.42. The third-order valence-corrected chi connectivity index (χ3v) is 9.55. The van der Waals surface area contributed by atoms with Gasteiger partial charge in [-0.1, -0.05) is 6.92 Å². The summed E-state index contributed by atoms with van der Waals surface area (Å²) in [6, 6.07) is 0. The van der Waals surface area contributed by atoms with Crippen molar-refractivity contribution >= 4 is 17.9 Å². The Morgan fingerprint density at radius 1 is 1.07 bits per heavy atom. The van der Waals surface area contributed by atoms with Gasteiger partial charge >= 0.3 is 17.9 Å². The second-order valence-electron chi connectivity index (χ2n) is 10.4. The van der Waals surface area contributed by atoms with Crippen molar-refractivity contribution in [1.29, 1.82) is 0 Å². The second kappa shape index (κ2) is 5.74. The van der Waals surface area contributed by atoms with Gasteiger partial charge < -0.3 is 19.7 Å².